The predicted molar refractivity (Wildman–Crippen MR) is 80.1 cm³/mol. The first kappa shape index (κ1) is 25.4. The minimum Gasteiger partial charge on any atom is -1.00 e. The largest absolute Gasteiger partial charge is 1.00 e. The van der Waals surface area contributed by atoms with Crippen molar-refractivity contribution < 1.29 is 39.1 Å². The number of quaternary nitrogens is 2. The van der Waals surface area contributed by atoms with Gasteiger partial charge >= 0.3 is 5.82 Å². The second-order valence-electron chi connectivity index (χ2n) is 5.66. The molecule has 1 atom stereocenters. The maximum absolute atomic E-state index is 12.1. The topological polar surface area (TPSA) is 33.5 Å². The van der Waals surface area contributed by atoms with Crippen LogP contribution in [0.1, 0.15) is 40.5 Å². The summed E-state index contributed by atoms with van der Waals surface area (Å²) in [5, 5.41) is 1.04. The average Bonchev–Trinajstić information content (AvgIpc) is 2.32. The number of halogens is 2. The summed E-state index contributed by atoms with van der Waals surface area (Å²) in [5.41, 5.74) is 3.84. The Bertz CT molecular complexity index is 360. The van der Waals surface area contributed by atoms with Gasteiger partial charge in [-0.1, -0.05) is 19.9 Å². The molecular weight excluding hydrogens is 309 g/mol. The molecule has 21 heavy (non-hydrogen) atoms. The van der Waals surface area contributed by atoms with Crippen molar-refractivity contribution in [3.8, 4) is 0 Å². The highest BCUT2D eigenvalue weighted by Crippen LogP contribution is 2.01. The number of allylic oxidation sites excluding steroid dienone is 2. The molecule has 0 aliphatic carbocycles. The standard InChI is InChI=1S/C15H29N3O.2ClH/c1-8-11-14(18(5,6)7)17(12-9-2)16-15(19)13(4)10-3;;/h10-11H,8-9,12H2,1-7H3;2*1H/b13-10+,14-11+;;. The number of carbonyl (C=O) groups is 1. The van der Waals surface area contributed by atoms with Crippen LogP contribution < -0.4 is 35.2 Å². The summed E-state index contributed by atoms with van der Waals surface area (Å²) < 4.78 is 0.721. The zero-order valence-corrected chi connectivity index (χ0v) is 15.9. The van der Waals surface area contributed by atoms with Crippen LogP contribution in [0.25, 0.3) is 0 Å². The van der Waals surface area contributed by atoms with Gasteiger partial charge in [0.25, 0.3) is 5.91 Å². The van der Waals surface area contributed by atoms with Gasteiger partial charge in [0.15, 0.2) is 0 Å². The molecule has 0 fully saturated rings. The van der Waals surface area contributed by atoms with Gasteiger partial charge in [-0.2, -0.15) is 10.4 Å². The molecule has 0 spiro atoms. The molecule has 0 saturated carbocycles. The van der Waals surface area contributed by atoms with Gasteiger partial charge in [0, 0.05) is 11.6 Å². The Morgan fingerprint density at radius 1 is 1.19 bits per heavy atom. The smallest absolute Gasteiger partial charge is 0.312 e. The molecule has 1 amide bonds. The van der Waals surface area contributed by atoms with Crippen molar-refractivity contribution in [3.63, 3.8) is 0 Å². The Morgan fingerprint density at radius 2 is 1.71 bits per heavy atom. The number of hydrogen-bond acceptors (Lipinski definition) is 1. The van der Waals surface area contributed by atoms with E-state index in [4.69, 9.17) is 0 Å². The lowest BCUT2D eigenvalue weighted by molar-refractivity contribution is -1.03. The highest BCUT2D eigenvalue weighted by atomic mass is 35.5. The lowest BCUT2D eigenvalue weighted by Crippen LogP contribution is -3.19. The van der Waals surface area contributed by atoms with Crippen LogP contribution in [0.5, 0.6) is 0 Å². The van der Waals surface area contributed by atoms with E-state index in [2.05, 4.69) is 46.5 Å². The number of nitrogens with zero attached hydrogens (tertiary/aromatic N) is 1. The first-order chi connectivity index (χ1) is 8.77. The monoisotopic (exact) mass is 339 g/mol. The van der Waals surface area contributed by atoms with Gasteiger partial charge in [-0.3, -0.25) is 9.28 Å². The van der Waals surface area contributed by atoms with Crippen LogP contribution in [0.15, 0.2) is 23.5 Å². The Balaban J connectivity index is -0.00000162. The maximum atomic E-state index is 12.1. The van der Waals surface area contributed by atoms with Crippen LogP contribution in [-0.4, -0.2) is 38.1 Å². The van der Waals surface area contributed by atoms with E-state index in [9.17, 15) is 4.79 Å². The fraction of sp³-hybridized carbons (Fsp3) is 0.667. The molecular formula is C15H31Cl2N3O. The summed E-state index contributed by atoms with van der Waals surface area (Å²) in [7, 11) is 6.39. The minimum atomic E-state index is 0. The second kappa shape index (κ2) is 12.0. The highest BCUT2D eigenvalue weighted by molar-refractivity contribution is 5.91. The molecule has 1 unspecified atom stereocenters. The van der Waals surface area contributed by atoms with Gasteiger partial charge in [-0.15, -0.1) is 0 Å². The lowest BCUT2D eigenvalue weighted by atomic mass is 10.3. The van der Waals surface area contributed by atoms with Crippen LogP contribution >= 0.6 is 0 Å². The van der Waals surface area contributed by atoms with Crippen molar-refractivity contribution in [1.82, 2.24) is 5.43 Å². The van der Waals surface area contributed by atoms with E-state index in [1.165, 1.54) is 5.82 Å². The third kappa shape index (κ3) is 9.14. The first-order valence-corrected chi connectivity index (χ1v) is 7.10. The van der Waals surface area contributed by atoms with Gasteiger partial charge in [0.05, 0.1) is 21.1 Å². The van der Waals surface area contributed by atoms with Crippen LogP contribution in [-0.2, 0) is 4.79 Å². The Labute approximate surface area is 142 Å². The number of amides is 1. The van der Waals surface area contributed by atoms with Gasteiger partial charge < -0.3 is 24.8 Å². The summed E-state index contributed by atoms with van der Waals surface area (Å²) in [6.45, 7) is 8.88. The molecule has 0 aromatic heterocycles. The summed E-state index contributed by atoms with van der Waals surface area (Å²) >= 11 is 0. The highest BCUT2D eigenvalue weighted by Gasteiger charge is 2.29. The minimum absolute atomic E-state index is 0. The molecule has 6 heteroatoms. The fourth-order valence-corrected chi connectivity index (χ4v) is 1.87. The molecule has 0 radical (unpaired) electrons. The molecule has 0 aliphatic heterocycles. The zero-order valence-electron chi connectivity index (χ0n) is 14.4. The van der Waals surface area contributed by atoms with Crippen molar-refractivity contribution in [2.45, 2.75) is 40.5 Å². The van der Waals surface area contributed by atoms with E-state index in [1.807, 2.05) is 19.9 Å². The zero-order chi connectivity index (χ0) is 15.1. The molecule has 0 aromatic rings. The summed E-state index contributed by atoms with van der Waals surface area (Å²) in [6, 6.07) is 0. The third-order valence-corrected chi connectivity index (χ3v) is 2.98. The van der Waals surface area contributed by atoms with Crippen molar-refractivity contribution in [1.29, 1.82) is 0 Å². The maximum Gasteiger partial charge on any atom is 0.312 e. The van der Waals surface area contributed by atoms with Crippen molar-refractivity contribution >= 4 is 5.91 Å². The van der Waals surface area contributed by atoms with Gasteiger partial charge in [0.2, 0.25) is 0 Å². The third-order valence-electron chi connectivity index (χ3n) is 2.98. The molecule has 0 aromatic carbocycles. The van der Waals surface area contributed by atoms with Crippen LogP contribution in [0.4, 0.5) is 0 Å². The number of nitrogens with one attached hydrogen (secondary N) is 2. The van der Waals surface area contributed by atoms with E-state index in [0.29, 0.717) is 0 Å². The molecule has 4 nitrogen and oxygen atoms in total. The van der Waals surface area contributed by atoms with E-state index >= 15 is 0 Å². The first-order valence-electron chi connectivity index (χ1n) is 7.10. The molecule has 0 saturated heterocycles. The van der Waals surface area contributed by atoms with Gasteiger partial charge in [-0.05, 0) is 26.7 Å². The molecule has 0 heterocycles. The van der Waals surface area contributed by atoms with Gasteiger partial charge in [0.1, 0.15) is 6.54 Å². The Hall–Kier alpha value is -0.550. The number of rotatable bonds is 7. The van der Waals surface area contributed by atoms with E-state index in [1.54, 1.807) is 0 Å². The molecule has 126 valence electrons. The second-order valence-corrected chi connectivity index (χ2v) is 5.66. The van der Waals surface area contributed by atoms with Gasteiger partial charge in [-0.25, -0.2) is 0 Å². The van der Waals surface area contributed by atoms with Crippen molar-refractivity contribution in [3.05, 3.63) is 23.5 Å². The quantitative estimate of drug-likeness (QED) is 0.272. The summed E-state index contributed by atoms with van der Waals surface area (Å²) in [4.78, 5) is 12.1. The van der Waals surface area contributed by atoms with Crippen molar-refractivity contribution in [2.75, 3.05) is 27.7 Å². The molecule has 2 N–H and O–H groups in total. The van der Waals surface area contributed by atoms with Crippen LogP contribution in [0, 0.1) is 0 Å². The number of carbonyl (C=O) groups excluding carboxylic acids is 1. The summed E-state index contributed by atoms with van der Waals surface area (Å²) in [6.07, 6.45) is 6.03. The molecule has 0 aliphatic rings. The summed E-state index contributed by atoms with van der Waals surface area (Å²) in [5.74, 6) is 1.20. The molecule has 0 rings (SSSR count). The average molecular weight is 340 g/mol. The Morgan fingerprint density at radius 3 is 2.05 bits per heavy atom. The van der Waals surface area contributed by atoms with E-state index in [-0.39, 0.29) is 30.7 Å². The molecule has 0 bridgehead atoms. The predicted octanol–water partition coefficient (Wildman–Crippen LogP) is -4.76. The van der Waals surface area contributed by atoms with Crippen LogP contribution in [0.2, 0.25) is 0 Å². The van der Waals surface area contributed by atoms with E-state index in [0.717, 1.165) is 34.5 Å². The van der Waals surface area contributed by atoms with E-state index < -0.39 is 0 Å². The lowest BCUT2D eigenvalue weighted by Gasteiger charge is -2.30. The SMILES string of the molecule is C/C=C(\C)C(=O)N[NH+](CCC)/C(=C\CC)[N+](C)(C)C.[Cl-].[Cl-]. The Kier molecular flexibility index (Phi) is 14.6. The van der Waals surface area contributed by atoms with Crippen molar-refractivity contribution in [2.24, 2.45) is 0 Å². The van der Waals surface area contributed by atoms with Crippen LogP contribution in [0.3, 0.4) is 0 Å². The normalized spacial score (nSPS) is 13.9. The fourth-order valence-electron chi connectivity index (χ4n) is 1.87. The number of hydrogen-bond donors (Lipinski definition) is 2.